The van der Waals surface area contributed by atoms with Gasteiger partial charge in [-0.3, -0.25) is 4.79 Å². The number of nitrogen functional groups attached to an aromatic ring is 1. The zero-order chi connectivity index (χ0) is 17.3. The summed E-state index contributed by atoms with van der Waals surface area (Å²) in [7, 11) is 0. The lowest BCUT2D eigenvalue weighted by molar-refractivity contribution is -0.137. The largest absolute Gasteiger partial charge is 0.416 e. The minimum atomic E-state index is -4.47. The van der Waals surface area contributed by atoms with Crippen molar-refractivity contribution in [2.75, 3.05) is 16.9 Å². The van der Waals surface area contributed by atoms with Gasteiger partial charge in [0, 0.05) is 5.69 Å². The van der Waals surface area contributed by atoms with Crippen molar-refractivity contribution in [1.29, 1.82) is 0 Å². The first-order chi connectivity index (χ1) is 11.3. The van der Waals surface area contributed by atoms with Crippen LogP contribution in [0.25, 0.3) is 5.78 Å². The van der Waals surface area contributed by atoms with E-state index in [9.17, 15) is 18.0 Å². The van der Waals surface area contributed by atoms with E-state index in [1.807, 2.05) is 0 Å². The molecule has 0 aliphatic heterocycles. The van der Waals surface area contributed by atoms with E-state index in [4.69, 9.17) is 5.84 Å². The third-order valence-electron chi connectivity index (χ3n) is 2.92. The number of thioether (sulfide) groups is 1. The average Bonchev–Trinajstić information content (AvgIpc) is 3.08. The van der Waals surface area contributed by atoms with Gasteiger partial charge in [-0.1, -0.05) is 17.8 Å². The number of halogens is 3. The molecule has 0 fully saturated rings. The zero-order valence-electron chi connectivity index (χ0n) is 11.9. The molecule has 24 heavy (non-hydrogen) atoms. The number of benzene rings is 1. The molecule has 3 aromatic rings. The van der Waals surface area contributed by atoms with Crippen molar-refractivity contribution in [1.82, 2.24) is 24.5 Å². The third-order valence-corrected chi connectivity index (χ3v) is 3.84. The fraction of sp³-hybridized carbons (Fsp3) is 0.167. The molecule has 8 nitrogen and oxygen atoms in total. The second-order valence-electron chi connectivity index (χ2n) is 4.65. The summed E-state index contributed by atoms with van der Waals surface area (Å²) in [4.78, 5) is 11.9. The Hall–Kier alpha value is -2.76. The number of nitrogens with one attached hydrogen (secondary N) is 1. The number of rotatable bonds is 4. The number of hydrogen-bond donors (Lipinski definition) is 2. The predicted molar refractivity (Wildman–Crippen MR) is 79.7 cm³/mol. The van der Waals surface area contributed by atoms with Crippen LogP contribution in [-0.4, -0.2) is 36.1 Å². The molecular formula is C12H10F3N7OS. The van der Waals surface area contributed by atoms with Crippen LogP contribution in [0.4, 0.5) is 18.9 Å². The van der Waals surface area contributed by atoms with E-state index in [0.29, 0.717) is 10.9 Å². The highest BCUT2D eigenvalue weighted by Gasteiger charge is 2.30. The monoisotopic (exact) mass is 357 g/mol. The van der Waals surface area contributed by atoms with Crippen molar-refractivity contribution in [2.24, 2.45) is 0 Å². The molecule has 3 N–H and O–H groups in total. The Morgan fingerprint density at radius 2 is 2.12 bits per heavy atom. The van der Waals surface area contributed by atoms with Gasteiger partial charge in [-0.15, -0.1) is 10.2 Å². The SMILES string of the molecule is Nn1cnn2c(SCC(=O)Nc3cccc(C(F)(F)F)c3)nnc12. The predicted octanol–water partition coefficient (Wildman–Crippen LogP) is 1.39. The lowest BCUT2D eigenvalue weighted by atomic mass is 10.2. The van der Waals surface area contributed by atoms with E-state index in [-0.39, 0.29) is 11.4 Å². The molecule has 0 bridgehead atoms. The summed E-state index contributed by atoms with van der Waals surface area (Å²) in [6.07, 6.45) is -3.14. The van der Waals surface area contributed by atoms with Crippen LogP contribution in [0, 0.1) is 0 Å². The highest BCUT2D eigenvalue weighted by Crippen LogP contribution is 2.30. The molecule has 1 aromatic carbocycles. The molecule has 126 valence electrons. The minimum absolute atomic E-state index is 0.0630. The summed E-state index contributed by atoms with van der Waals surface area (Å²) in [5.41, 5.74) is -0.770. The number of alkyl halides is 3. The van der Waals surface area contributed by atoms with Gasteiger partial charge in [0.15, 0.2) is 0 Å². The first-order valence-corrected chi connectivity index (χ1v) is 7.47. The fourth-order valence-corrected chi connectivity index (χ4v) is 2.55. The summed E-state index contributed by atoms with van der Waals surface area (Å²) >= 11 is 1.03. The molecule has 0 spiro atoms. The van der Waals surface area contributed by atoms with E-state index in [2.05, 4.69) is 20.6 Å². The fourth-order valence-electron chi connectivity index (χ4n) is 1.87. The van der Waals surface area contributed by atoms with Crippen LogP contribution in [-0.2, 0) is 11.0 Å². The smallest absolute Gasteiger partial charge is 0.335 e. The number of nitrogens with two attached hydrogens (primary N) is 1. The molecule has 0 saturated carbocycles. The summed E-state index contributed by atoms with van der Waals surface area (Å²) in [6.45, 7) is 0. The Balaban J connectivity index is 1.64. The molecule has 0 radical (unpaired) electrons. The van der Waals surface area contributed by atoms with Crippen LogP contribution in [0.15, 0.2) is 35.7 Å². The highest BCUT2D eigenvalue weighted by molar-refractivity contribution is 7.99. The van der Waals surface area contributed by atoms with Gasteiger partial charge in [-0.25, -0.2) is 4.68 Å². The molecule has 1 amide bonds. The molecule has 12 heteroatoms. The third kappa shape index (κ3) is 3.27. The van der Waals surface area contributed by atoms with Crippen LogP contribution in [0.3, 0.4) is 0 Å². The molecular weight excluding hydrogens is 347 g/mol. The van der Waals surface area contributed by atoms with E-state index >= 15 is 0 Å². The van der Waals surface area contributed by atoms with Crippen LogP contribution in [0.2, 0.25) is 0 Å². The number of amides is 1. The van der Waals surface area contributed by atoms with Gasteiger partial charge in [0.25, 0.3) is 5.78 Å². The Bertz CT molecular complexity index is 888. The van der Waals surface area contributed by atoms with Crippen molar-refractivity contribution in [3.05, 3.63) is 36.2 Å². The number of nitrogens with zero attached hydrogens (tertiary/aromatic N) is 5. The summed E-state index contributed by atoms with van der Waals surface area (Å²) in [6, 6.07) is 4.40. The quantitative estimate of drug-likeness (QED) is 0.540. The first-order valence-electron chi connectivity index (χ1n) is 6.48. The van der Waals surface area contributed by atoms with E-state index in [1.165, 1.54) is 27.7 Å². The second-order valence-corrected chi connectivity index (χ2v) is 5.59. The number of carbonyl (C=O) groups is 1. The van der Waals surface area contributed by atoms with Crippen molar-refractivity contribution >= 4 is 29.1 Å². The van der Waals surface area contributed by atoms with Gasteiger partial charge in [-0.2, -0.15) is 22.8 Å². The van der Waals surface area contributed by atoms with Crippen LogP contribution >= 0.6 is 11.8 Å². The highest BCUT2D eigenvalue weighted by atomic mass is 32.2. The molecule has 0 aliphatic rings. The molecule has 0 aliphatic carbocycles. The van der Waals surface area contributed by atoms with Crippen LogP contribution in [0.5, 0.6) is 0 Å². The van der Waals surface area contributed by atoms with Crippen LogP contribution < -0.4 is 11.2 Å². The maximum Gasteiger partial charge on any atom is 0.416 e. The Morgan fingerprint density at radius 3 is 2.88 bits per heavy atom. The van der Waals surface area contributed by atoms with Gasteiger partial charge >= 0.3 is 6.18 Å². The van der Waals surface area contributed by atoms with Gasteiger partial charge < -0.3 is 11.2 Å². The summed E-state index contributed by atoms with van der Waals surface area (Å²) in [5, 5.41) is 14.3. The number of aromatic nitrogens is 5. The van der Waals surface area contributed by atoms with Crippen molar-refractivity contribution in [2.45, 2.75) is 11.3 Å². The lowest BCUT2D eigenvalue weighted by Gasteiger charge is -2.09. The molecule has 0 atom stereocenters. The van der Waals surface area contributed by atoms with Crippen molar-refractivity contribution < 1.29 is 18.0 Å². The molecule has 3 rings (SSSR count). The second kappa shape index (κ2) is 6.03. The van der Waals surface area contributed by atoms with Crippen molar-refractivity contribution in [3.8, 4) is 0 Å². The van der Waals surface area contributed by atoms with E-state index < -0.39 is 17.6 Å². The number of hydrogen-bond acceptors (Lipinski definition) is 6. The number of fused-ring (bicyclic) bond motifs is 1. The van der Waals surface area contributed by atoms with Gasteiger partial charge in [0.05, 0.1) is 11.3 Å². The first kappa shape index (κ1) is 16.1. The van der Waals surface area contributed by atoms with Crippen LogP contribution in [0.1, 0.15) is 5.56 Å². The molecule has 2 heterocycles. The zero-order valence-corrected chi connectivity index (χ0v) is 12.7. The van der Waals surface area contributed by atoms with Gasteiger partial charge in [-0.05, 0) is 18.2 Å². The van der Waals surface area contributed by atoms with Crippen molar-refractivity contribution in [3.63, 3.8) is 0 Å². The normalized spacial score (nSPS) is 11.8. The maximum atomic E-state index is 12.6. The average molecular weight is 357 g/mol. The molecule has 0 saturated heterocycles. The van der Waals surface area contributed by atoms with E-state index in [1.54, 1.807) is 0 Å². The summed E-state index contributed by atoms with van der Waals surface area (Å²) in [5.74, 6) is 5.29. The molecule has 0 unspecified atom stereocenters. The maximum absolute atomic E-state index is 12.6. The Kier molecular flexibility index (Phi) is 4.05. The summed E-state index contributed by atoms with van der Waals surface area (Å²) < 4.78 is 40.4. The lowest BCUT2D eigenvalue weighted by Crippen LogP contribution is -2.15. The minimum Gasteiger partial charge on any atom is -0.335 e. The number of anilines is 1. The number of carbonyl (C=O) groups excluding carboxylic acids is 1. The topological polar surface area (TPSA) is 103 Å². The Morgan fingerprint density at radius 1 is 1.33 bits per heavy atom. The standard InChI is InChI=1S/C12H10F3N7OS/c13-12(14,15)7-2-1-3-8(4-7)18-9(23)5-24-11-20-19-10-21(16)6-17-22(10)11/h1-4,6H,5,16H2,(H,18,23). The van der Waals surface area contributed by atoms with E-state index in [0.717, 1.165) is 23.9 Å². The van der Waals surface area contributed by atoms with Gasteiger partial charge in [0.1, 0.15) is 6.33 Å². The Labute approximate surface area is 136 Å². The van der Waals surface area contributed by atoms with Gasteiger partial charge in [0.2, 0.25) is 11.1 Å². The molecule has 2 aromatic heterocycles.